The molecule has 5 heteroatoms. The molecule has 2 aromatic rings. The summed E-state index contributed by atoms with van der Waals surface area (Å²) in [5, 5.41) is 4.38. The van der Waals surface area contributed by atoms with E-state index in [1.807, 2.05) is 0 Å². The van der Waals surface area contributed by atoms with Gasteiger partial charge in [-0.1, -0.05) is 0 Å². The highest BCUT2D eigenvalue weighted by atomic mass is 16.7. The first-order valence-electron chi connectivity index (χ1n) is 4.31. The van der Waals surface area contributed by atoms with Crippen LogP contribution >= 0.6 is 0 Å². The summed E-state index contributed by atoms with van der Waals surface area (Å²) in [7, 11) is 1.51. The molecule has 0 unspecified atom stereocenters. The predicted octanol–water partition coefficient (Wildman–Crippen LogP) is 1.62. The minimum atomic E-state index is 0.0902. The van der Waals surface area contributed by atoms with Gasteiger partial charge in [0.2, 0.25) is 0 Å². The van der Waals surface area contributed by atoms with Crippen molar-refractivity contribution in [3.63, 3.8) is 0 Å². The number of fused-ring (bicyclic) bond motifs is 1. The molecule has 1 heterocycles. The molecule has 78 valence electrons. The fourth-order valence-corrected chi connectivity index (χ4v) is 1.23. The maximum absolute atomic E-state index is 10.6. The van der Waals surface area contributed by atoms with Crippen LogP contribution in [0.25, 0.3) is 11.0 Å². The van der Waals surface area contributed by atoms with Crippen LogP contribution in [0.1, 0.15) is 10.4 Å². The van der Waals surface area contributed by atoms with E-state index in [0.29, 0.717) is 22.4 Å². The van der Waals surface area contributed by atoms with Crippen LogP contribution in [0.5, 0.6) is 5.88 Å². The van der Waals surface area contributed by atoms with Gasteiger partial charge in [-0.05, 0) is 23.4 Å². The van der Waals surface area contributed by atoms with E-state index >= 15 is 0 Å². The standard InChI is InChI=1S/C10H9NO4/c1-13-6-14-10-8-4-7(5-12)2-3-9(8)15-11-10/h2-5H,6H2,1H3. The molecule has 15 heavy (non-hydrogen) atoms. The van der Waals surface area contributed by atoms with Gasteiger partial charge in [-0.3, -0.25) is 4.79 Å². The molecule has 0 aliphatic heterocycles. The first kappa shape index (κ1) is 9.67. The van der Waals surface area contributed by atoms with Gasteiger partial charge in [-0.15, -0.1) is 0 Å². The highest BCUT2D eigenvalue weighted by molar-refractivity contribution is 5.88. The fourth-order valence-electron chi connectivity index (χ4n) is 1.23. The molecule has 0 atom stereocenters. The zero-order valence-electron chi connectivity index (χ0n) is 8.10. The summed E-state index contributed by atoms with van der Waals surface area (Å²) >= 11 is 0. The summed E-state index contributed by atoms with van der Waals surface area (Å²) in [4.78, 5) is 10.6. The Morgan fingerprint density at radius 3 is 3.13 bits per heavy atom. The van der Waals surface area contributed by atoms with Crippen molar-refractivity contribution in [2.75, 3.05) is 13.9 Å². The molecule has 2 rings (SSSR count). The van der Waals surface area contributed by atoms with Gasteiger partial charge >= 0.3 is 0 Å². The predicted molar refractivity (Wildman–Crippen MR) is 51.9 cm³/mol. The Morgan fingerprint density at radius 2 is 2.40 bits per heavy atom. The molecule has 5 nitrogen and oxygen atoms in total. The van der Waals surface area contributed by atoms with Crippen LogP contribution in [0, 0.1) is 0 Å². The number of aldehydes is 1. The first-order chi connectivity index (χ1) is 7.35. The molecular formula is C10H9NO4. The van der Waals surface area contributed by atoms with Gasteiger partial charge in [0.05, 0.1) is 5.39 Å². The Hall–Kier alpha value is -1.88. The number of carbonyl (C=O) groups is 1. The maximum atomic E-state index is 10.6. The molecule has 0 saturated carbocycles. The molecular weight excluding hydrogens is 198 g/mol. The normalized spacial score (nSPS) is 10.5. The second-order valence-corrected chi connectivity index (χ2v) is 2.91. The van der Waals surface area contributed by atoms with Crippen molar-refractivity contribution in [1.82, 2.24) is 5.16 Å². The SMILES string of the molecule is COCOc1noc2ccc(C=O)cc12. The topological polar surface area (TPSA) is 61.6 Å². The van der Waals surface area contributed by atoms with Crippen molar-refractivity contribution >= 4 is 17.3 Å². The highest BCUT2D eigenvalue weighted by Gasteiger charge is 2.09. The molecule has 0 fully saturated rings. The van der Waals surface area contributed by atoms with Crippen LogP contribution < -0.4 is 4.74 Å². The minimum Gasteiger partial charge on any atom is -0.448 e. The van der Waals surface area contributed by atoms with Gasteiger partial charge < -0.3 is 14.0 Å². The zero-order chi connectivity index (χ0) is 10.7. The summed E-state index contributed by atoms with van der Waals surface area (Å²) in [6.45, 7) is 0.0902. The van der Waals surface area contributed by atoms with Crippen LogP contribution in [-0.4, -0.2) is 25.3 Å². The van der Waals surface area contributed by atoms with E-state index in [0.717, 1.165) is 6.29 Å². The Bertz CT molecular complexity index is 477. The second-order valence-electron chi connectivity index (χ2n) is 2.91. The van der Waals surface area contributed by atoms with Crippen LogP contribution in [0.3, 0.4) is 0 Å². The summed E-state index contributed by atoms with van der Waals surface area (Å²) in [6.07, 6.45) is 0.756. The summed E-state index contributed by atoms with van der Waals surface area (Å²) in [6, 6.07) is 4.98. The average molecular weight is 207 g/mol. The molecule has 0 aliphatic carbocycles. The minimum absolute atomic E-state index is 0.0902. The van der Waals surface area contributed by atoms with E-state index < -0.39 is 0 Å². The molecule has 0 radical (unpaired) electrons. The largest absolute Gasteiger partial charge is 0.448 e. The molecule has 0 amide bonds. The quantitative estimate of drug-likeness (QED) is 0.563. The van der Waals surface area contributed by atoms with Gasteiger partial charge in [0.25, 0.3) is 5.88 Å². The van der Waals surface area contributed by atoms with Gasteiger partial charge in [0, 0.05) is 12.7 Å². The molecule has 0 N–H and O–H groups in total. The molecule has 0 saturated heterocycles. The second kappa shape index (κ2) is 4.10. The van der Waals surface area contributed by atoms with Crippen LogP contribution in [0.2, 0.25) is 0 Å². The van der Waals surface area contributed by atoms with E-state index in [4.69, 9.17) is 14.0 Å². The van der Waals surface area contributed by atoms with E-state index in [9.17, 15) is 4.79 Å². The molecule has 0 bridgehead atoms. The van der Waals surface area contributed by atoms with Gasteiger partial charge in [0.1, 0.15) is 6.29 Å². The van der Waals surface area contributed by atoms with Gasteiger partial charge in [-0.2, -0.15) is 0 Å². The number of methoxy groups -OCH3 is 1. The Kier molecular flexibility index (Phi) is 2.64. The highest BCUT2D eigenvalue weighted by Crippen LogP contribution is 2.25. The average Bonchev–Trinajstić information content (AvgIpc) is 2.68. The van der Waals surface area contributed by atoms with Crippen molar-refractivity contribution in [3.05, 3.63) is 23.8 Å². The number of hydrogen-bond donors (Lipinski definition) is 0. The summed E-state index contributed by atoms with van der Waals surface area (Å²) in [5.41, 5.74) is 1.12. The van der Waals surface area contributed by atoms with Gasteiger partial charge in [0.15, 0.2) is 12.4 Å². The zero-order valence-corrected chi connectivity index (χ0v) is 8.10. The third kappa shape index (κ3) is 1.82. The molecule has 0 spiro atoms. The van der Waals surface area contributed by atoms with Gasteiger partial charge in [-0.25, -0.2) is 0 Å². The van der Waals surface area contributed by atoms with E-state index in [1.165, 1.54) is 7.11 Å². The van der Waals surface area contributed by atoms with Crippen molar-refractivity contribution < 1.29 is 18.8 Å². The van der Waals surface area contributed by atoms with Crippen molar-refractivity contribution in [3.8, 4) is 5.88 Å². The smallest absolute Gasteiger partial charge is 0.264 e. The number of benzene rings is 1. The lowest BCUT2D eigenvalue weighted by atomic mass is 10.2. The maximum Gasteiger partial charge on any atom is 0.264 e. The van der Waals surface area contributed by atoms with Crippen molar-refractivity contribution in [2.24, 2.45) is 0 Å². The Balaban J connectivity index is 2.42. The monoisotopic (exact) mass is 207 g/mol. The number of ether oxygens (including phenoxy) is 2. The van der Waals surface area contributed by atoms with Crippen molar-refractivity contribution in [1.29, 1.82) is 0 Å². The third-order valence-electron chi connectivity index (χ3n) is 1.91. The first-order valence-corrected chi connectivity index (χ1v) is 4.31. The Labute approximate surface area is 85.6 Å². The Morgan fingerprint density at radius 1 is 1.53 bits per heavy atom. The van der Waals surface area contributed by atoms with Crippen LogP contribution in [0.4, 0.5) is 0 Å². The third-order valence-corrected chi connectivity index (χ3v) is 1.91. The van der Waals surface area contributed by atoms with E-state index in [2.05, 4.69) is 5.16 Å². The number of aromatic nitrogens is 1. The van der Waals surface area contributed by atoms with Crippen molar-refractivity contribution in [2.45, 2.75) is 0 Å². The summed E-state index contributed by atoms with van der Waals surface area (Å²) < 4.78 is 14.9. The number of carbonyl (C=O) groups excluding carboxylic acids is 1. The molecule has 1 aromatic heterocycles. The lowest BCUT2D eigenvalue weighted by Crippen LogP contribution is -1.99. The number of rotatable bonds is 4. The number of hydrogen-bond acceptors (Lipinski definition) is 5. The van der Waals surface area contributed by atoms with E-state index in [1.54, 1.807) is 18.2 Å². The molecule has 0 aliphatic rings. The lowest BCUT2D eigenvalue weighted by Gasteiger charge is -1.99. The molecule has 1 aromatic carbocycles. The van der Waals surface area contributed by atoms with E-state index in [-0.39, 0.29) is 6.79 Å². The summed E-state index contributed by atoms with van der Waals surface area (Å²) in [5.74, 6) is 0.329. The lowest BCUT2D eigenvalue weighted by molar-refractivity contribution is 0.0463. The van der Waals surface area contributed by atoms with Crippen LogP contribution in [0.15, 0.2) is 22.7 Å². The fraction of sp³-hybridized carbons (Fsp3) is 0.200. The number of nitrogens with zero attached hydrogens (tertiary/aromatic N) is 1. The van der Waals surface area contributed by atoms with Crippen LogP contribution in [-0.2, 0) is 4.74 Å².